The molecule has 0 spiro atoms. The minimum Gasteiger partial charge on any atom is -0.353 e. The van der Waals surface area contributed by atoms with E-state index in [4.69, 9.17) is 11.5 Å². The Labute approximate surface area is 118 Å². The zero-order valence-electron chi connectivity index (χ0n) is 10.7. The lowest BCUT2D eigenvalue weighted by Crippen LogP contribution is -2.51. The molecule has 0 aliphatic rings. The molecule has 6 N–H and O–H groups in total. The lowest BCUT2D eigenvalue weighted by atomic mass is 10.1. The van der Waals surface area contributed by atoms with Crippen LogP contribution in [0.15, 0.2) is 0 Å². The summed E-state index contributed by atoms with van der Waals surface area (Å²) in [7, 11) is 0. The van der Waals surface area contributed by atoms with Crippen LogP contribution in [-0.2, 0) is 14.4 Å². The standard InChI is InChI=1S/C11H21N4O3S/c12-4-2-1-3-8(6-16)15-11(18)9(13)5-14-10(17)7-19/h8-9,19H,1-5,7,12-13H2,(H,14,17)(H,15,18)/t8-,9-/m0/s1. The number of hydrogen-bond acceptors (Lipinski definition) is 6. The minimum atomic E-state index is -0.908. The zero-order valence-corrected chi connectivity index (χ0v) is 11.6. The first-order valence-electron chi connectivity index (χ1n) is 6.06. The molecule has 2 atom stereocenters. The summed E-state index contributed by atoms with van der Waals surface area (Å²) in [5.74, 6) is -0.786. The van der Waals surface area contributed by atoms with Crippen molar-refractivity contribution in [2.75, 3.05) is 18.8 Å². The van der Waals surface area contributed by atoms with Crippen molar-refractivity contribution in [2.24, 2.45) is 11.5 Å². The van der Waals surface area contributed by atoms with Gasteiger partial charge in [-0.2, -0.15) is 12.6 Å². The van der Waals surface area contributed by atoms with Crippen LogP contribution < -0.4 is 22.1 Å². The number of carbonyl (C=O) groups excluding carboxylic acids is 3. The van der Waals surface area contributed by atoms with Crippen molar-refractivity contribution in [3.63, 3.8) is 0 Å². The van der Waals surface area contributed by atoms with E-state index in [1.807, 2.05) is 0 Å². The molecule has 8 heteroatoms. The second-order valence-corrected chi connectivity index (χ2v) is 4.35. The summed E-state index contributed by atoms with van der Waals surface area (Å²) >= 11 is 3.77. The highest BCUT2D eigenvalue weighted by molar-refractivity contribution is 7.81. The molecule has 109 valence electrons. The molecular weight excluding hydrogens is 268 g/mol. The number of nitrogens with two attached hydrogens (primary N) is 2. The smallest absolute Gasteiger partial charge is 0.239 e. The van der Waals surface area contributed by atoms with Crippen LogP contribution in [-0.4, -0.2) is 49.0 Å². The van der Waals surface area contributed by atoms with Gasteiger partial charge in [-0.1, -0.05) is 0 Å². The summed E-state index contributed by atoms with van der Waals surface area (Å²) in [6.45, 7) is 0.536. The SMILES string of the molecule is NCCCC[C@@H]([C]=O)NC(=O)[C@@H](N)CNC(=O)CS. The van der Waals surface area contributed by atoms with Crippen molar-refractivity contribution >= 4 is 30.7 Å². The van der Waals surface area contributed by atoms with Gasteiger partial charge >= 0.3 is 0 Å². The third-order valence-electron chi connectivity index (χ3n) is 2.41. The lowest BCUT2D eigenvalue weighted by molar-refractivity contribution is -0.123. The number of unbranched alkanes of at least 4 members (excludes halogenated alkanes) is 1. The van der Waals surface area contributed by atoms with Gasteiger partial charge in [0.25, 0.3) is 0 Å². The fourth-order valence-corrected chi connectivity index (χ4v) is 1.42. The second-order valence-electron chi connectivity index (χ2n) is 4.03. The maximum Gasteiger partial charge on any atom is 0.239 e. The maximum atomic E-state index is 11.6. The van der Waals surface area contributed by atoms with Gasteiger partial charge in [-0.05, 0) is 25.8 Å². The van der Waals surface area contributed by atoms with E-state index >= 15 is 0 Å². The Morgan fingerprint density at radius 2 is 2.00 bits per heavy atom. The topological polar surface area (TPSA) is 127 Å². The minimum absolute atomic E-state index is 0.000393. The van der Waals surface area contributed by atoms with Gasteiger partial charge < -0.3 is 22.1 Å². The molecule has 0 aromatic rings. The predicted octanol–water partition coefficient (Wildman–Crippen LogP) is -1.92. The quantitative estimate of drug-likeness (QED) is 0.237. The number of carbonyl (C=O) groups is 2. The van der Waals surface area contributed by atoms with E-state index in [0.717, 1.165) is 12.8 Å². The Morgan fingerprint density at radius 1 is 1.32 bits per heavy atom. The van der Waals surface area contributed by atoms with Crippen LogP contribution in [0.2, 0.25) is 0 Å². The number of nitrogens with one attached hydrogen (secondary N) is 2. The molecule has 0 heterocycles. The molecule has 0 saturated carbocycles. The van der Waals surface area contributed by atoms with Gasteiger partial charge in [0.05, 0.1) is 11.8 Å². The number of thiol groups is 1. The highest BCUT2D eigenvalue weighted by Gasteiger charge is 2.18. The van der Waals surface area contributed by atoms with E-state index in [9.17, 15) is 14.4 Å². The van der Waals surface area contributed by atoms with Gasteiger partial charge in [0.15, 0.2) is 0 Å². The normalized spacial score (nSPS) is 13.4. The summed E-state index contributed by atoms with van der Waals surface area (Å²) in [6.07, 6.45) is 3.72. The number of hydrogen-bond donors (Lipinski definition) is 5. The Kier molecular flexibility index (Phi) is 10.1. The summed E-state index contributed by atoms with van der Waals surface area (Å²) in [6, 6.07) is -1.60. The molecule has 19 heavy (non-hydrogen) atoms. The zero-order chi connectivity index (χ0) is 14.7. The van der Waals surface area contributed by atoms with Crippen LogP contribution in [0.3, 0.4) is 0 Å². The molecule has 0 aliphatic carbocycles. The highest BCUT2D eigenvalue weighted by Crippen LogP contribution is 1.98. The molecule has 0 bridgehead atoms. The van der Waals surface area contributed by atoms with Crippen molar-refractivity contribution in [2.45, 2.75) is 31.3 Å². The Bertz CT molecular complexity index is 302. The van der Waals surface area contributed by atoms with Crippen LogP contribution in [0.25, 0.3) is 0 Å². The van der Waals surface area contributed by atoms with E-state index in [0.29, 0.717) is 13.0 Å². The van der Waals surface area contributed by atoms with Gasteiger partial charge in [0.1, 0.15) is 6.04 Å². The second kappa shape index (κ2) is 10.8. The highest BCUT2D eigenvalue weighted by atomic mass is 32.1. The summed E-state index contributed by atoms with van der Waals surface area (Å²) in [5, 5.41) is 4.91. The van der Waals surface area contributed by atoms with Crippen molar-refractivity contribution in [1.29, 1.82) is 0 Å². The van der Waals surface area contributed by atoms with Gasteiger partial charge in [0.2, 0.25) is 18.1 Å². The van der Waals surface area contributed by atoms with Crippen LogP contribution in [0.5, 0.6) is 0 Å². The molecule has 1 radical (unpaired) electrons. The van der Waals surface area contributed by atoms with Crippen LogP contribution in [0.4, 0.5) is 0 Å². The van der Waals surface area contributed by atoms with E-state index in [-0.39, 0.29) is 18.2 Å². The van der Waals surface area contributed by atoms with Gasteiger partial charge in [-0.3, -0.25) is 14.4 Å². The maximum absolute atomic E-state index is 11.6. The third kappa shape index (κ3) is 8.57. The number of rotatable bonds is 10. The molecule has 2 amide bonds. The van der Waals surface area contributed by atoms with E-state index in [1.54, 1.807) is 6.29 Å². The Balaban J connectivity index is 4.02. The van der Waals surface area contributed by atoms with Crippen LogP contribution >= 0.6 is 12.6 Å². The molecule has 0 unspecified atom stereocenters. The molecule has 0 aromatic heterocycles. The predicted molar refractivity (Wildman–Crippen MR) is 75.4 cm³/mol. The van der Waals surface area contributed by atoms with Gasteiger partial charge in [-0.15, -0.1) is 0 Å². The molecule has 0 rings (SSSR count). The Morgan fingerprint density at radius 3 is 2.53 bits per heavy atom. The van der Waals surface area contributed by atoms with E-state index in [1.165, 1.54) is 0 Å². The fourth-order valence-electron chi connectivity index (χ4n) is 1.30. The van der Waals surface area contributed by atoms with Gasteiger partial charge in [0, 0.05) is 6.54 Å². The monoisotopic (exact) mass is 289 g/mol. The average Bonchev–Trinajstić information content (AvgIpc) is 2.42. The first-order valence-corrected chi connectivity index (χ1v) is 6.69. The van der Waals surface area contributed by atoms with Crippen molar-refractivity contribution in [1.82, 2.24) is 10.6 Å². The molecule has 7 nitrogen and oxygen atoms in total. The lowest BCUT2D eigenvalue weighted by Gasteiger charge is -2.16. The van der Waals surface area contributed by atoms with Crippen molar-refractivity contribution in [3.8, 4) is 0 Å². The first kappa shape index (κ1) is 17.9. The molecular formula is C11H21N4O3S. The van der Waals surface area contributed by atoms with Crippen LogP contribution in [0.1, 0.15) is 19.3 Å². The molecule has 0 aliphatic heterocycles. The van der Waals surface area contributed by atoms with E-state index in [2.05, 4.69) is 23.3 Å². The van der Waals surface area contributed by atoms with Crippen molar-refractivity contribution < 1.29 is 14.4 Å². The average molecular weight is 289 g/mol. The van der Waals surface area contributed by atoms with Gasteiger partial charge in [-0.25, -0.2) is 0 Å². The largest absolute Gasteiger partial charge is 0.353 e. The summed E-state index contributed by atoms with van der Waals surface area (Å²) in [4.78, 5) is 33.3. The summed E-state index contributed by atoms with van der Waals surface area (Å²) in [5.41, 5.74) is 10.9. The molecule has 0 aromatic carbocycles. The van der Waals surface area contributed by atoms with Crippen LogP contribution in [0, 0.1) is 0 Å². The number of amides is 2. The fraction of sp³-hybridized carbons (Fsp3) is 0.727. The Hall–Kier alpha value is -1.12. The third-order valence-corrected chi connectivity index (χ3v) is 2.69. The first-order chi connectivity index (χ1) is 9.04. The van der Waals surface area contributed by atoms with E-state index < -0.39 is 18.0 Å². The molecule has 0 saturated heterocycles. The molecule has 0 fully saturated rings. The summed E-state index contributed by atoms with van der Waals surface area (Å²) < 4.78 is 0. The van der Waals surface area contributed by atoms with Crippen molar-refractivity contribution in [3.05, 3.63) is 0 Å².